The maximum Gasteiger partial charge on any atom is 0.0202 e. The van der Waals surface area contributed by atoms with E-state index in [9.17, 15) is 0 Å². The highest BCUT2D eigenvalue weighted by atomic mass is 127. The van der Waals surface area contributed by atoms with Gasteiger partial charge in [-0.2, -0.15) is 0 Å². The topological polar surface area (TPSA) is 12.0 Å². The standard InChI is InChI=1S/C8H10IN/c1-10-6-7-2-4-8(9)5-3-7/h2-5,10H,6H2,1H3. The Balaban J connectivity index is 2.69. The molecule has 1 N–H and O–H groups in total. The molecule has 0 amide bonds. The van der Waals surface area contributed by atoms with E-state index in [2.05, 4.69) is 52.2 Å². The quantitative estimate of drug-likeness (QED) is 0.788. The molecular weight excluding hydrogens is 237 g/mol. The largest absolute Gasteiger partial charge is 0.316 e. The number of hydrogen-bond donors (Lipinski definition) is 1. The average Bonchev–Trinajstić information content (AvgIpc) is 1.95. The summed E-state index contributed by atoms with van der Waals surface area (Å²) in [6, 6.07) is 8.51. The van der Waals surface area contributed by atoms with Crippen LogP contribution in [0, 0.1) is 3.57 Å². The van der Waals surface area contributed by atoms with E-state index in [1.54, 1.807) is 0 Å². The monoisotopic (exact) mass is 247 g/mol. The molecule has 0 saturated heterocycles. The number of halogens is 1. The van der Waals surface area contributed by atoms with Crippen molar-refractivity contribution in [3.8, 4) is 0 Å². The van der Waals surface area contributed by atoms with Crippen LogP contribution in [0.1, 0.15) is 5.56 Å². The Morgan fingerprint density at radius 1 is 1.30 bits per heavy atom. The molecule has 10 heavy (non-hydrogen) atoms. The molecular formula is C8H10IN. The van der Waals surface area contributed by atoms with Crippen molar-refractivity contribution in [1.29, 1.82) is 0 Å². The predicted octanol–water partition coefficient (Wildman–Crippen LogP) is 2.01. The van der Waals surface area contributed by atoms with E-state index in [-0.39, 0.29) is 0 Å². The number of nitrogens with one attached hydrogen (secondary N) is 1. The van der Waals surface area contributed by atoms with Crippen LogP contribution >= 0.6 is 22.6 Å². The summed E-state index contributed by atoms with van der Waals surface area (Å²) in [6.07, 6.45) is 0. The molecule has 0 radical (unpaired) electrons. The number of rotatable bonds is 2. The molecule has 54 valence electrons. The molecule has 0 atom stereocenters. The van der Waals surface area contributed by atoms with E-state index in [1.165, 1.54) is 9.13 Å². The predicted molar refractivity (Wildman–Crippen MR) is 51.9 cm³/mol. The first kappa shape index (κ1) is 8.01. The molecule has 0 aromatic heterocycles. The van der Waals surface area contributed by atoms with Crippen LogP contribution in [-0.4, -0.2) is 7.05 Å². The summed E-state index contributed by atoms with van der Waals surface area (Å²) in [5.74, 6) is 0. The number of benzene rings is 1. The van der Waals surface area contributed by atoms with Gasteiger partial charge in [-0.15, -0.1) is 0 Å². The highest BCUT2D eigenvalue weighted by Crippen LogP contribution is 2.05. The van der Waals surface area contributed by atoms with Gasteiger partial charge < -0.3 is 5.32 Å². The van der Waals surface area contributed by atoms with Gasteiger partial charge in [-0.3, -0.25) is 0 Å². The second-order valence-electron chi connectivity index (χ2n) is 2.16. The highest BCUT2D eigenvalue weighted by molar-refractivity contribution is 14.1. The molecule has 0 aliphatic carbocycles. The van der Waals surface area contributed by atoms with Gasteiger partial charge >= 0.3 is 0 Å². The van der Waals surface area contributed by atoms with Crippen molar-refractivity contribution >= 4 is 22.6 Å². The van der Waals surface area contributed by atoms with Gasteiger partial charge in [0, 0.05) is 10.1 Å². The summed E-state index contributed by atoms with van der Waals surface area (Å²) in [5, 5.41) is 3.10. The van der Waals surface area contributed by atoms with Crippen LogP contribution in [0.3, 0.4) is 0 Å². The highest BCUT2D eigenvalue weighted by Gasteiger charge is 1.88. The minimum absolute atomic E-state index is 0.955. The Morgan fingerprint density at radius 2 is 1.90 bits per heavy atom. The lowest BCUT2D eigenvalue weighted by Crippen LogP contribution is -2.04. The maximum absolute atomic E-state index is 3.10. The van der Waals surface area contributed by atoms with Gasteiger partial charge in [0.25, 0.3) is 0 Å². The van der Waals surface area contributed by atoms with Crippen LogP contribution in [0.4, 0.5) is 0 Å². The molecule has 0 bridgehead atoms. The van der Waals surface area contributed by atoms with E-state index < -0.39 is 0 Å². The van der Waals surface area contributed by atoms with Crippen LogP contribution in [-0.2, 0) is 6.54 Å². The Kier molecular flexibility index (Phi) is 3.15. The summed E-state index contributed by atoms with van der Waals surface area (Å²) >= 11 is 2.30. The summed E-state index contributed by atoms with van der Waals surface area (Å²) in [4.78, 5) is 0. The fraction of sp³-hybridized carbons (Fsp3) is 0.250. The molecule has 0 unspecified atom stereocenters. The van der Waals surface area contributed by atoms with Crippen molar-refractivity contribution in [2.45, 2.75) is 6.54 Å². The summed E-state index contributed by atoms with van der Waals surface area (Å²) < 4.78 is 1.29. The normalized spacial score (nSPS) is 9.80. The van der Waals surface area contributed by atoms with E-state index in [0.717, 1.165) is 6.54 Å². The first-order valence-corrected chi connectivity index (χ1v) is 4.30. The van der Waals surface area contributed by atoms with Gasteiger partial charge in [0.05, 0.1) is 0 Å². The van der Waals surface area contributed by atoms with Crippen molar-refractivity contribution in [3.63, 3.8) is 0 Å². The van der Waals surface area contributed by atoms with Gasteiger partial charge in [0.2, 0.25) is 0 Å². The molecule has 0 saturated carbocycles. The van der Waals surface area contributed by atoms with Gasteiger partial charge in [-0.05, 0) is 47.3 Å². The third-order valence-corrected chi connectivity index (χ3v) is 2.01. The SMILES string of the molecule is CNCc1ccc(I)cc1. The van der Waals surface area contributed by atoms with Crippen LogP contribution in [0.2, 0.25) is 0 Å². The molecule has 1 nitrogen and oxygen atoms in total. The zero-order valence-electron chi connectivity index (χ0n) is 5.89. The molecule has 1 rings (SSSR count). The van der Waals surface area contributed by atoms with Crippen molar-refractivity contribution in [2.24, 2.45) is 0 Å². The third kappa shape index (κ3) is 2.27. The lowest BCUT2D eigenvalue weighted by molar-refractivity contribution is 0.818. The Morgan fingerprint density at radius 3 is 2.40 bits per heavy atom. The minimum Gasteiger partial charge on any atom is -0.316 e. The van der Waals surface area contributed by atoms with E-state index in [4.69, 9.17) is 0 Å². The number of hydrogen-bond acceptors (Lipinski definition) is 1. The molecule has 0 aliphatic rings. The molecule has 0 fully saturated rings. The lowest BCUT2D eigenvalue weighted by atomic mass is 10.2. The van der Waals surface area contributed by atoms with Gasteiger partial charge in [-0.1, -0.05) is 12.1 Å². The maximum atomic E-state index is 3.10. The van der Waals surface area contributed by atoms with E-state index in [1.807, 2.05) is 7.05 Å². The summed E-state index contributed by atoms with van der Waals surface area (Å²) in [6.45, 7) is 0.955. The second-order valence-corrected chi connectivity index (χ2v) is 3.40. The summed E-state index contributed by atoms with van der Waals surface area (Å²) in [5.41, 5.74) is 1.34. The second kappa shape index (κ2) is 3.93. The molecule has 0 aliphatic heterocycles. The average molecular weight is 247 g/mol. The van der Waals surface area contributed by atoms with Crippen molar-refractivity contribution in [2.75, 3.05) is 7.05 Å². The fourth-order valence-electron chi connectivity index (χ4n) is 0.806. The molecule has 2 heteroatoms. The first-order valence-electron chi connectivity index (χ1n) is 3.22. The third-order valence-electron chi connectivity index (χ3n) is 1.29. The Bertz CT molecular complexity index is 193. The minimum atomic E-state index is 0.955. The van der Waals surface area contributed by atoms with Crippen molar-refractivity contribution < 1.29 is 0 Å². The smallest absolute Gasteiger partial charge is 0.0202 e. The zero-order chi connectivity index (χ0) is 7.40. The van der Waals surface area contributed by atoms with E-state index >= 15 is 0 Å². The first-order chi connectivity index (χ1) is 4.83. The lowest BCUT2D eigenvalue weighted by Gasteiger charge is -1.97. The molecule has 1 aromatic carbocycles. The van der Waals surface area contributed by atoms with Crippen molar-refractivity contribution in [1.82, 2.24) is 5.32 Å². The van der Waals surface area contributed by atoms with Gasteiger partial charge in [0.15, 0.2) is 0 Å². The molecule has 1 aromatic rings. The van der Waals surface area contributed by atoms with Crippen LogP contribution < -0.4 is 5.32 Å². The fourth-order valence-corrected chi connectivity index (χ4v) is 1.17. The van der Waals surface area contributed by atoms with Crippen LogP contribution in [0.15, 0.2) is 24.3 Å². The van der Waals surface area contributed by atoms with Gasteiger partial charge in [-0.25, -0.2) is 0 Å². The summed E-state index contributed by atoms with van der Waals surface area (Å²) in [7, 11) is 1.96. The molecule has 0 spiro atoms. The Labute approximate surface area is 75.0 Å². The van der Waals surface area contributed by atoms with Crippen molar-refractivity contribution in [3.05, 3.63) is 33.4 Å². The molecule has 0 heterocycles. The zero-order valence-corrected chi connectivity index (χ0v) is 8.05. The Hall–Kier alpha value is -0.0900. The van der Waals surface area contributed by atoms with Crippen LogP contribution in [0.5, 0.6) is 0 Å². The van der Waals surface area contributed by atoms with E-state index in [0.29, 0.717) is 0 Å². The van der Waals surface area contributed by atoms with Gasteiger partial charge in [0.1, 0.15) is 0 Å². The van der Waals surface area contributed by atoms with Crippen LogP contribution in [0.25, 0.3) is 0 Å².